The average Bonchev–Trinajstić information content (AvgIpc) is 2.31. The lowest BCUT2D eigenvalue weighted by molar-refractivity contribution is 0.121. The number of piperidine rings is 1. The minimum Gasteiger partial charge on any atom is -0.319 e. The molecule has 94 valence electrons. The summed E-state index contributed by atoms with van der Waals surface area (Å²) in [7, 11) is 4.23. The molecule has 1 heterocycles. The molecule has 1 fully saturated rings. The van der Waals surface area contributed by atoms with Gasteiger partial charge in [-0.15, -0.1) is 0 Å². The van der Waals surface area contributed by atoms with Crippen molar-refractivity contribution in [1.29, 1.82) is 0 Å². The summed E-state index contributed by atoms with van der Waals surface area (Å²) < 4.78 is 0. The zero-order chi connectivity index (χ0) is 12.3. The van der Waals surface area contributed by atoms with Crippen LogP contribution in [0.1, 0.15) is 24.4 Å². The highest BCUT2D eigenvalue weighted by Crippen LogP contribution is 2.37. The van der Waals surface area contributed by atoms with Gasteiger partial charge in [0.2, 0.25) is 0 Å². The fraction of sp³-hybridized carbons (Fsp3) is 0.571. The van der Waals surface area contributed by atoms with E-state index in [1.54, 1.807) is 0 Å². The van der Waals surface area contributed by atoms with Crippen molar-refractivity contribution in [1.82, 2.24) is 10.2 Å². The molecule has 1 N–H and O–H groups in total. The van der Waals surface area contributed by atoms with Gasteiger partial charge in [0.05, 0.1) is 0 Å². The van der Waals surface area contributed by atoms with E-state index in [-0.39, 0.29) is 0 Å². The molecule has 1 saturated heterocycles. The molecule has 1 aromatic rings. The van der Waals surface area contributed by atoms with Crippen LogP contribution in [0.5, 0.6) is 0 Å². The molecule has 0 aliphatic carbocycles. The van der Waals surface area contributed by atoms with Crippen LogP contribution in [0.25, 0.3) is 0 Å². The van der Waals surface area contributed by atoms with Crippen molar-refractivity contribution < 1.29 is 0 Å². The highest BCUT2D eigenvalue weighted by atomic mass is 35.5. The van der Waals surface area contributed by atoms with E-state index < -0.39 is 0 Å². The van der Waals surface area contributed by atoms with Crippen LogP contribution in [-0.4, -0.2) is 32.1 Å². The molecule has 2 rings (SSSR count). The van der Waals surface area contributed by atoms with Gasteiger partial charge in [-0.25, -0.2) is 0 Å². The first kappa shape index (κ1) is 12.9. The van der Waals surface area contributed by atoms with Gasteiger partial charge in [0.1, 0.15) is 0 Å². The van der Waals surface area contributed by atoms with Crippen LogP contribution in [-0.2, 0) is 0 Å². The second-order valence-electron chi connectivity index (χ2n) is 4.91. The largest absolute Gasteiger partial charge is 0.319 e. The van der Waals surface area contributed by atoms with E-state index in [2.05, 4.69) is 29.4 Å². The summed E-state index contributed by atoms with van der Waals surface area (Å²) in [5.41, 5.74) is 1.27. The molecule has 3 heteroatoms. The van der Waals surface area contributed by atoms with Gasteiger partial charge in [-0.3, -0.25) is 4.90 Å². The van der Waals surface area contributed by atoms with Crippen LogP contribution < -0.4 is 5.32 Å². The Hall–Kier alpha value is -0.570. The summed E-state index contributed by atoms with van der Waals surface area (Å²) >= 11 is 6.34. The normalized spacial score (nSPS) is 26.1. The minimum atomic E-state index is 0.449. The molecular weight excluding hydrogens is 232 g/mol. The molecule has 2 unspecified atom stereocenters. The van der Waals surface area contributed by atoms with Crippen molar-refractivity contribution in [3.8, 4) is 0 Å². The molecule has 0 bridgehead atoms. The molecule has 0 amide bonds. The Balaban J connectivity index is 2.28. The quantitative estimate of drug-likeness (QED) is 0.890. The van der Waals surface area contributed by atoms with Gasteiger partial charge >= 0.3 is 0 Å². The van der Waals surface area contributed by atoms with E-state index >= 15 is 0 Å². The van der Waals surface area contributed by atoms with Crippen LogP contribution in [0, 0.1) is 5.92 Å². The number of hydrogen-bond acceptors (Lipinski definition) is 2. The van der Waals surface area contributed by atoms with Gasteiger partial charge in [-0.2, -0.15) is 0 Å². The SMILES string of the molecule is CNCC1CCCN(C)C1c1ccccc1Cl. The number of likely N-dealkylation sites (tertiary alicyclic amines) is 1. The molecule has 1 aromatic carbocycles. The topological polar surface area (TPSA) is 15.3 Å². The highest BCUT2D eigenvalue weighted by molar-refractivity contribution is 6.31. The van der Waals surface area contributed by atoms with Crippen molar-refractivity contribution in [3.05, 3.63) is 34.9 Å². The predicted molar refractivity (Wildman–Crippen MR) is 73.5 cm³/mol. The second kappa shape index (κ2) is 5.85. The Morgan fingerprint density at radius 2 is 2.18 bits per heavy atom. The van der Waals surface area contributed by atoms with Gasteiger partial charge < -0.3 is 5.32 Å². The Morgan fingerprint density at radius 3 is 2.88 bits per heavy atom. The van der Waals surface area contributed by atoms with E-state index in [1.165, 1.54) is 18.4 Å². The maximum Gasteiger partial charge on any atom is 0.0453 e. The van der Waals surface area contributed by atoms with E-state index in [0.717, 1.165) is 18.1 Å². The lowest BCUT2D eigenvalue weighted by Gasteiger charge is -2.40. The van der Waals surface area contributed by atoms with E-state index in [4.69, 9.17) is 11.6 Å². The fourth-order valence-electron chi connectivity index (χ4n) is 2.94. The summed E-state index contributed by atoms with van der Waals surface area (Å²) in [6, 6.07) is 8.69. The molecule has 2 atom stereocenters. The monoisotopic (exact) mass is 252 g/mol. The molecule has 1 aliphatic rings. The number of hydrogen-bond donors (Lipinski definition) is 1. The van der Waals surface area contributed by atoms with Crippen LogP contribution in [0.15, 0.2) is 24.3 Å². The molecule has 1 aliphatic heterocycles. The number of rotatable bonds is 3. The summed E-state index contributed by atoms with van der Waals surface area (Å²) in [6.07, 6.45) is 2.56. The van der Waals surface area contributed by atoms with Gasteiger partial charge in [0.25, 0.3) is 0 Å². The third-order valence-electron chi connectivity index (χ3n) is 3.70. The zero-order valence-electron chi connectivity index (χ0n) is 10.6. The first-order chi connectivity index (χ1) is 8.24. The second-order valence-corrected chi connectivity index (χ2v) is 5.31. The zero-order valence-corrected chi connectivity index (χ0v) is 11.4. The number of benzene rings is 1. The summed E-state index contributed by atoms with van der Waals surface area (Å²) in [5.74, 6) is 0.652. The van der Waals surface area contributed by atoms with Crippen molar-refractivity contribution in [3.63, 3.8) is 0 Å². The minimum absolute atomic E-state index is 0.449. The summed E-state index contributed by atoms with van der Waals surface area (Å²) in [4.78, 5) is 2.44. The lowest BCUT2D eigenvalue weighted by atomic mass is 9.85. The third kappa shape index (κ3) is 2.82. The summed E-state index contributed by atoms with van der Waals surface area (Å²) in [5, 5.41) is 4.20. The van der Waals surface area contributed by atoms with Gasteiger partial charge in [-0.1, -0.05) is 29.8 Å². The Kier molecular flexibility index (Phi) is 4.43. The maximum absolute atomic E-state index is 6.34. The Bertz CT molecular complexity index is 365. The Morgan fingerprint density at radius 1 is 1.41 bits per heavy atom. The standard InChI is InChI=1S/C14H21ClN2/c1-16-10-11-6-5-9-17(2)14(11)12-7-3-4-8-13(12)15/h3-4,7-8,11,14,16H,5-6,9-10H2,1-2H3. The molecular formula is C14H21ClN2. The van der Waals surface area contributed by atoms with Crippen LogP contribution >= 0.6 is 11.6 Å². The number of nitrogens with zero attached hydrogens (tertiary/aromatic N) is 1. The predicted octanol–water partition coefficient (Wildman–Crippen LogP) is 2.94. The smallest absolute Gasteiger partial charge is 0.0453 e. The lowest BCUT2D eigenvalue weighted by Crippen LogP contribution is -2.40. The summed E-state index contributed by atoms with van der Waals surface area (Å²) in [6.45, 7) is 2.22. The van der Waals surface area contributed by atoms with Gasteiger partial charge in [0, 0.05) is 11.1 Å². The van der Waals surface area contributed by atoms with Crippen molar-refractivity contribution in [2.75, 3.05) is 27.2 Å². The molecule has 0 aromatic heterocycles. The number of nitrogens with one attached hydrogen (secondary N) is 1. The van der Waals surface area contributed by atoms with E-state index in [1.807, 2.05) is 19.2 Å². The van der Waals surface area contributed by atoms with Gasteiger partial charge in [0.15, 0.2) is 0 Å². The molecule has 0 saturated carbocycles. The molecule has 0 radical (unpaired) electrons. The van der Waals surface area contributed by atoms with E-state index in [0.29, 0.717) is 12.0 Å². The highest BCUT2D eigenvalue weighted by Gasteiger charge is 2.30. The third-order valence-corrected chi connectivity index (χ3v) is 4.04. The van der Waals surface area contributed by atoms with Crippen molar-refractivity contribution in [2.45, 2.75) is 18.9 Å². The molecule has 2 nitrogen and oxygen atoms in total. The molecule has 0 spiro atoms. The van der Waals surface area contributed by atoms with E-state index in [9.17, 15) is 0 Å². The van der Waals surface area contributed by atoms with Crippen LogP contribution in [0.4, 0.5) is 0 Å². The maximum atomic E-state index is 6.34. The van der Waals surface area contributed by atoms with Crippen molar-refractivity contribution in [2.24, 2.45) is 5.92 Å². The average molecular weight is 253 g/mol. The van der Waals surface area contributed by atoms with Crippen molar-refractivity contribution >= 4 is 11.6 Å². The fourth-order valence-corrected chi connectivity index (χ4v) is 3.19. The van der Waals surface area contributed by atoms with Crippen LogP contribution in [0.2, 0.25) is 5.02 Å². The van der Waals surface area contributed by atoms with Gasteiger partial charge in [-0.05, 0) is 57.6 Å². The number of halogens is 1. The first-order valence-corrected chi connectivity index (χ1v) is 6.71. The van der Waals surface area contributed by atoms with Crippen LogP contribution in [0.3, 0.4) is 0 Å². The Labute approximate surface area is 109 Å². The molecule has 17 heavy (non-hydrogen) atoms. The first-order valence-electron chi connectivity index (χ1n) is 6.33.